The van der Waals surface area contributed by atoms with Crippen LogP contribution in [0.25, 0.3) is 0 Å². The van der Waals surface area contributed by atoms with E-state index >= 15 is 0 Å². The standard InChI is InChI=1S/C10H12FNO/c11-9-2-1-7-5-12-10(6-13)4-8(7)3-9/h1-3,10,12-13H,4-6H2/t10-/m1/s1. The van der Waals surface area contributed by atoms with E-state index in [-0.39, 0.29) is 18.5 Å². The zero-order valence-electron chi connectivity index (χ0n) is 7.26. The number of rotatable bonds is 1. The van der Waals surface area contributed by atoms with E-state index in [2.05, 4.69) is 5.32 Å². The number of hydrogen-bond donors (Lipinski definition) is 2. The summed E-state index contributed by atoms with van der Waals surface area (Å²) in [6.45, 7) is 0.830. The molecule has 1 aliphatic heterocycles. The van der Waals surface area contributed by atoms with Gasteiger partial charge in [0, 0.05) is 12.6 Å². The highest BCUT2D eigenvalue weighted by Gasteiger charge is 2.16. The molecule has 1 heterocycles. The second-order valence-corrected chi connectivity index (χ2v) is 3.38. The van der Waals surface area contributed by atoms with Crippen molar-refractivity contribution in [2.24, 2.45) is 0 Å². The second-order valence-electron chi connectivity index (χ2n) is 3.38. The van der Waals surface area contributed by atoms with Gasteiger partial charge < -0.3 is 10.4 Å². The summed E-state index contributed by atoms with van der Waals surface area (Å²) in [7, 11) is 0. The molecular weight excluding hydrogens is 169 g/mol. The molecule has 0 fully saturated rings. The lowest BCUT2D eigenvalue weighted by molar-refractivity contribution is 0.235. The molecule has 0 aromatic heterocycles. The quantitative estimate of drug-likeness (QED) is 0.672. The van der Waals surface area contributed by atoms with Gasteiger partial charge in [-0.3, -0.25) is 0 Å². The Morgan fingerprint density at radius 2 is 2.31 bits per heavy atom. The zero-order valence-corrected chi connectivity index (χ0v) is 7.26. The molecule has 1 aromatic carbocycles. The van der Waals surface area contributed by atoms with Crippen LogP contribution < -0.4 is 5.32 Å². The molecular formula is C10H12FNO. The Labute approximate surface area is 76.4 Å². The van der Waals surface area contributed by atoms with Crippen molar-refractivity contribution in [3.63, 3.8) is 0 Å². The SMILES string of the molecule is OC[C@H]1Cc2cc(F)ccc2CN1. The number of benzene rings is 1. The Balaban J connectivity index is 2.27. The second kappa shape index (κ2) is 3.44. The molecule has 0 aliphatic carbocycles. The van der Waals surface area contributed by atoms with Crippen molar-refractivity contribution in [2.75, 3.05) is 6.61 Å². The van der Waals surface area contributed by atoms with Crippen LogP contribution in [0.3, 0.4) is 0 Å². The van der Waals surface area contributed by atoms with E-state index in [0.29, 0.717) is 6.42 Å². The highest BCUT2D eigenvalue weighted by Crippen LogP contribution is 2.17. The number of nitrogens with one attached hydrogen (secondary N) is 1. The van der Waals surface area contributed by atoms with Crippen LogP contribution in [0, 0.1) is 5.82 Å². The van der Waals surface area contributed by atoms with Crippen molar-refractivity contribution in [1.29, 1.82) is 0 Å². The van der Waals surface area contributed by atoms with Crippen LogP contribution in [0.5, 0.6) is 0 Å². The first-order chi connectivity index (χ1) is 6.29. The smallest absolute Gasteiger partial charge is 0.123 e. The lowest BCUT2D eigenvalue weighted by Crippen LogP contribution is -2.38. The lowest BCUT2D eigenvalue weighted by atomic mass is 9.96. The van der Waals surface area contributed by atoms with Crippen LogP contribution in [0.15, 0.2) is 18.2 Å². The summed E-state index contributed by atoms with van der Waals surface area (Å²) in [6.07, 6.45) is 0.712. The van der Waals surface area contributed by atoms with Crippen LogP contribution in [0.1, 0.15) is 11.1 Å². The van der Waals surface area contributed by atoms with Gasteiger partial charge in [0.05, 0.1) is 6.61 Å². The molecule has 70 valence electrons. The van der Waals surface area contributed by atoms with E-state index < -0.39 is 0 Å². The predicted molar refractivity (Wildman–Crippen MR) is 47.8 cm³/mol. The van der Waals surface area contributed by atoms with Gasteiger partial charge in [-0.25, -0.2) is 4.39 Å². The van der Waals surface area contributed by atoms with Gasteiger partial charge in [-0.05, 0) is 29.7 Å². The maximum absolute atomic E-state index is 12.8. The summed E-state index contributed by atoms with van der Waals surface area (Å²) in [5, 5.41) is 12.1. The first-order valence-electron chi connectivity index (χ1n) is 4.41. The number of halogens is 1. The molecule has 1 aliphatic rings. The van der Waals surface area contributed by atoms with Crippen molar-refractivity contribution in [3.05, 3.63) is 35.1 Å². The minimum absolute atomic E-state index is 0.0781. The minimum atomic E-state index is -0.197. The van der Waals surface area contributed by atoms with Gasteiger partial charge in [0.15, 0.2) is 0 Å². The molecule has 2 N–H and O–H groups in total. The highest BCUT2D eigenvalue weighted by molar-refractivity contribution is 5.30. The Morgan fingerprint density at radius 3 is 3.08 bits per heavy atom. The Hall–Kier alpha value is -0.930. The third-order valence-corrected chi connectivity index (χ3v) is 2.44. The average molecular weight is 181 g/mol. The van der Waals surface area contributed by atoms with Crippen molar-refractivity contribution in [3.8, 4) is 0 Å². The number of aliphatic hydroxyl groups is 1. The third kappa shape index (κ3) is 1.71. The predicted octanol–water partition coefficient (Wildman–Crippen LogP) is 0.832. The van der Waals surface area contributed by atoms with Gasteiger partial charge in [0.25, 0.3) is 0 Å². The fourth-order valence-electron chi connectivity index (χ4n) is 1.68. The van der Waals surface area contributed by atoms with Crippen molar-refractivity contribution < 1.29 is 9.50 Å². The first-order valence-corrected chi connectivity index (χ1v) is 4.41. The molecule has 3 heteroatoms. The van der Waals surface area contributed by atoms with Crippen LogP contribution >= 0.6 is 0 Å². The largest absolute Gasteiger partial charge is 0.395 e. The normalized spacial score (nSPS) is 21.2. The van der Waals surface area contributed by atoms with Gasteiger partial charge in [0.2, 0.25) is 0 Å². The number of aliphatic hydroxyl groups excluding tert-OH is 1. The van der Waals surface area contributed by atoms with Crippen molar-refractivity contribution in [2.45, 2.75) is 19.0 Å². The fraction of sp³-hybridized carbons (Fsp3) is 0.400. The maximum Gasteiger partial charge on any atom is 0.123 e. The van der Waals surface area contributed by atoms with E-state index in [1.807, 2.05) is 0 Å². The molecule has 0 bridgehead atoms. The van der Waals surface area contributed by atoms with Crippen LogP contribution in [-0.2, 0) is 13.0 Å². The van der Waals surface area contributed by atoms with E-state index in [1.54, 1.807) is 12.1 Å². The van der Waals surface area contributed by atoms with Crippen molar-refractivity contribution >= 4 is 0 Å². The summed E-state index contributed by atoms with van der Waals surface area (Å²) in [5.41, 5.74) is 2.14. The van der Waals surface area contributed by atoms with Crippen LogP contribution in [0.4, 0.5) is 4.39 Å². The summed E-state index contributed by atoms with van der Waals surface area (Å²) < 4.78 is 12.8. The summed E-state index contributed by atoms with van der Waals surface area (Å²) >= 11 is 0. The first kappa shape index (κ1) is 8.66. The molecule has 0 spiro atoms. The van der Waals surface area contributed by atoms with E-state index in [0.717, 1.165) is 17.7 Å². The Kier molecular flexibility index (Phi) is 2.29. The zero-order chi connectivity index (χ0) is 9.26. The molecule has 0 unspecified atom stereocenters. The number of fused-ring (bicyclic) bond motifs is 1. The Bertz CT molecular complexity index is 314. The van der Waals surface area contributed by atoms with Crippen LogP contribution in [-0.4, -0.2) is 17.8 Å². The molecule has 1 atom stereocenters. The van der Waals surface area contributed by atoms with E-state index in [1.165, 1.54) is 6.07 Å². The molecule has 0 saturated carbocycles. The Morgan fingerprint density at radius 1 is 1.46 bits per heavy atom. The van der Waals surface area contributed by atoms with Crippen LogP contribution in [0.2, 0.25) is 0 Å². The summed E-state index contributed by atoms with van der Waals surface area (Å²) in [4.78, 5) is 0. The minimum Gasteiger partial charge on any atom is -0.395 e. The molecule has 13 heavy (non-hydrogen) atoms. The summed E-state index contributed by atoms with van der Waals surface area (Å²) in [5.74, 6) is -0.197. The monoisotopic (exact) mass is 181 g/mol. The average Bonchev–Trinajstić information content (AvgIpc) is 2.16. The third-order valence-electron chi connectivity index (χ3n) is 2.44. The fourth-order valence-corrected chi connectivity index (χ4v) is 1.68. The van der Waals surface area contributed by atoms with E-state index in [4.69, 9.17) is 5.11 Å². The lowest BCUT2D eigenvalue weighted by Gasteiger charge is -2.24. The summed E-state index contributed by atoms with van der Waals surface area (Å²) in [6, 6.07) is 4.90. The number of hydrogen-bond acceptors (Lipinski definition) is 2. The maximum atomic E-state index is 12.8. The molecule has 0 amide bonds. The highest BCUT2D eigenvalue weighted by atomic mass is 19.1. The molecule has 1 aromatic rings. The molecule has 2 rings (SSSR count). The van der Waals surface area contributed by atoms with Crippen molar-refractivity contribution in [1.82, 2.24) is 5.32 Å². The van der Waals surface area contributed by atoms with Gasteiger partial charge in [-0.2, -0.15) is 0 Å². The van der Waals surface area contributed by atoms with Gasteiger partial charge in [0.1, 0.15) is 5.82 Å². The molecule has 2 nitrogen and oxygen atoms in total. The van der Waals surface area contributed by atoms with Gasteiger partial charge >= 0.3 is 0 Å². The van der Waals surface area contributed by atoms with E-state index in [9.17, 15) is 4.39 Å². The van der Waals surface area contributed by atoms with Gasteiger partial charge in [-0.15, -0.1) is 0 Å². The molecule has 0 radical (unpaired) electrons. The van der Waals surface area contributed by atoms with Gasteiger partial charge in [-0.1, -0.05) is 6.07 Å². The molecule has 0 saturated heterocycles. The topological polar surface area (TPSA) is 32.3 Å².